The van der Waals surface area contributed by atoms with Crippen LogP contribution in [-0.4, -0.2) is 35.2 Å². The Morgan fingerprint density at radius 3 is 2.52 bits per heavy atom. The molecule has 3 aliphatic rings. The van der Waals surface area contributed by atoms with Crippen LogP contribution < -0.4 is 10.0 Å². The molecule has 4 aromatic rings. The topological polar surface area (TPSA) is 126 Å². The molecule has 3 heterocycles. The Morgan fingerprint density at radius 2 is 1.80 bits per heavy atom. The van der Waals surface area contributed by atoms with E-state index < -0.39 is 39.2 Å². The number of hydrogen-bond acceptors (Lipinski definition) is 6. The van der Waals surface area contributed by atoms with Crippen LogP contribution in [0.5, 0.6) is 0 Å². The fourth-order valence-electron chi connectivity index (χ4n) is 7.56. The summed E-state index contributed by atoms with van der Waals surface area (Å²) in [5.74, 6) is -2.47. The molecule has 2 unspecified atom stereocenters. The number of hydrogen-bond donors (Lipinski definition) is 3. The summed E-state index contributed by atoms with van der Waals surface area (Å²) in [4.78, 5) is 13.5. The Kier molecular flexibility index (Phi) is 7.69. The average molecular weight is 649 g/mol. The Labute approximate surface area is 265 Å². The number of carbonyl (C=O) groups excluding carboxylic acids is 1. The van der Waals surface area contributed by atoms with E-state index in [-0.39, 0.29) is 33.7 Å². The predicted molar refractivity (Wildman–Crippen MR) is 167 cm³/mol. The molecule has 9 nitrogen and oxygen atoms in total. The van der Waals surface area contributed by atoms with Gasteiger partial charge in [0.05, 0.1) is 5.69 Å². The first-order valence-corrected chi connectivity index (χ1v) is 17.0. The van der Waals surface area contributed by atoms with Gasteiger partial charge >= 0.3 is 0 Å². The first-order valence-electron chi connectivity index (χ1n) is 15.5. The molecule has 2 aromatic heterocycles. The molecule has 240 valence electrons. The molecule has 0 saturated heterocycles. The predicted octanol–water partition coefficient (Wildman–Crippen LogP) is 6.14. The van der Waals surface area contributed by atoms with Crippen molar-refractivity contribution in [3.8, 4) is 11.3 Å². The quantitative estimate of drug-likeness (QED) is 0.221. The SMILES string of the molecule is Cc1c(S(=O)(=O)NC2C3CCC2CC(O)(c2cc(-c4ccccc4)on2)C3)c2n(c1C(=O)Nc1ccc(F)c(F)c1)CCCC=C2. The maximum absolute atomic E-state index is 14.2. The van der Waals surface area contributed by atoms with Gasteiger partial charge in [-0.3, -0.25) is 4.79 Å². The van der Waals surface area contributed by atoms with Crippen molar-refractivity contribution in [1.82, 2.24) is 14.4 Å². The number of rotatable bonds is 7. The van der Waals surface area contributed by atoms with Crippen LogP contribution in [0.3, 0.4) is 0 Å². The Hall–Kier alpha value is -4.13. The van der Waals surface area contributed by atoms with Gasteiger partial charge in [-0.1, -0.05) is 41.6 Å². The van der Waals surface area contributed by atoms with Gasteiger partial charge in [-0.05, 0) is 75.5 Å². The van der Waals surface area contributed by atoms with E-state index in [2.05, 4.69) is 15.2 Å². The Morgan fingerprint density at radius 1 is 1.07 bits per heavy atom. The summed E-state index contributed by atoms with van der Waals surface area (Å²) in [5, 5.41) is 18.6. The van der Waals surface area contributed by atoms with Crippen LogP contribution in [0.2, 0.25) is 0 Å². The van der Waals surface area contributed by atoms with E-state index in [1.54, 1.807) is 23.6 Å². The van der Waals surface area contributed by atoms with Crippen LogP contribution in [0.1, 0.15) is 66.0 Å². The van der Waals surface area contributed by atoms with Crippen LogP contribution in [0.15, 0.2) is 70.1 Å². The summed E-state index contributed by atoms with van der Waals surface area (Å²) >= 11 is 0. The smallest absolute Gasteiger partial charge is 0.272 e. The van der Waals surface area contributed by atoms with E-state index in [1.165, 1.54) is 6.07 Å². The number of halogens is 2. The third kappa shape index (κ3) is 5.37. The number of allylic oxidation sites excluding steroid dienone is 1. The highest BCUT2D eigenvalue weighted by atomic mass is 32.2. The van der Waals surface area contributed by atoms with Gasteiger partial charge in [-0.25, -0.2) is 21.9 Å². The minimum Gasteiger partial charge on any atom is -0.383 e. The monoisotopic (exact) mass is 648 g/mol. The van der Waals surface area contributed by atoms with Crippen LogP contribution in [0.25, 0.3) is 17.4 Å². The maximum Gasteiger partial charge on any atom is 0.272 e. The van der Waals surface area contributed by atoms with Crippen molar-refractivity contribution in [2.75, 3.05) is 5.32 Å². The zero-order chi connectivity index (χ0) is 32.2. The molecule has 0 spiro atoms. The van der Waals surface area contributed by atoms with Crippen LogP contribution in [0, 0.1) is 30.4 Å². The molecule has 7 rings (SSSR count). The summed E-state index contributed by atoms with van der Waals surface area (Å²) in [6.45, 7) is 2.00. The first-order chi connectivity index (χ1) is 22.0. The second-order valence-electron chi connectivity index (χ2n) is 12.6. The van der Waals surface area contributed by atoms with Gasteiger partial charge in [0.25, 0.3) is 5.91 Å². The van der Waals surface area contributed by atoms with Crippen molar-refractivity contribution < 1.29 is 31.6 Å². The lowest BCUT2D eigenvalue weighted by molar-refractivity contribution is -0.0398. The first kappa shape index (κ1) is 30.5. The number of aromatic nitrogens is 2. The number of fused-ring (bicyclic) bond motifs is 3. The lowest BCUT2D eigenvalue weighted by Gasteiger charge is -2.40. The number of amides is 1. The normalized spacial score (nSPS) is 24.0. The molecule has 2 aliphatic carbocycles. The number of carbonyl (C=O) groups is 1. The molecular formula is C34H34F2N4O5S. The van der Waals surface area contributed by atoms with Crippen molar-refractivity contribution in [2.24, 2.45) is 11.8 Å². The number of aliphatic hydroxyl groups is 1. The van der Waals surface area contributed by atoms with Crippen molar-refractivity contribution in [3.05, 3.63) is 95.0 Å². The largest absolute Gasteiger partial charge is 0.383 e. The molecule has 2 aromatic carbocycles. The second-order valence-corrected chi connectivity index (χ2v) is 14.2. The molecule has 2 saturated carbocycles. The molecule has 2 atom stereocenters. The average Bonchev–Trinajstić information content (AvgIpc) is 3.63. The molecule has 1 amide bonds. The minimum absolute atomic E-state index is 0.0188. The van der Waals surface area contributed by atoms with E-state index in [0.717, 1.165) is 30.5 Å². The van der Waals surface area contributed by atoms with Crippen LogP contribution in [0.4, 0.5) is 14.5 Å². The second kappa shape index (κ2) is 11.6. The zero-order valence-electron chi connectivity index (χ0n) is 25.2. The fourth-order valence-corrected chi connectivity index (χ4v) is 9.37. The van der Waals surface area contributed by atoms with Crippen molar-refractivity contribution >= 4 is 27.7 Å². The van der Waals surface area contributed by atoms with Gasteiger partial charge in [-0.15, -0.1) is 0 Å². The highest BCUT2D eigenvalue weighted by molar-refractivity contribution is 7.89. The lowest BCUT2D eigenvalue weighted by atomic mass is 9.73. The van der Waals surface area contributed by atoms with Crippen molar-refractivity contribution in [2.45, 2.75) is 68.5 Å². The van der Waals surface area contributed by atoms with Crippen molar-refractivity contribution in [3.63, 3.8) is 0 Å². The van der Waals surface area contributed by atoms with E-state index >= 15 is 0 Å². The van der Waals surface area contributed by atoms with Gasteiger partial charge in [0.15, 0.2) is 17.4 Å². The lowest BCUT2D eigenvalue weighted by Crippen LogP contribution is -2.49. The van der Waals surface area contributed by atoms with Gasteiger partial charge in [0.2, 0.25) is 10.0 Å². The molecule has 12 heteroatoms. The third-order valence-corrected chi connectivity index (χ3v) is 11.3. The van der Waals surface area contributed by atoms with Gasteiger partial charge in [0.1, 0.15) is 21.9 Å². The van der Waals surface area contributed by atoms with E-state index in [4.69, 9.17) is 4.52 Å². The summed E-state index contributed by atoms with van der Waals surface area (Å²) in [5.41, 5.74) is 0.913. The molecule has 3 N–H and O–H groups in total. The third-order valence-electron chi connectivity index (χ3n) is 9.64. The Bertz CT molecular complexity index is 1940. The number of sulfonamides is 1. The summed E-state index contributed by atoms with van der Waals surface area (Å²) in [6.07, 6.45) is 7.16. The zero-order valence-corrected chi connectivity index (χ0v) is 26.0. The van der Waals surface area contributed by atoms with Crippen LogP contribution in [-0.2, 0) is 22.2 Å². The number of benzene rings is 2. The summed E-state index contributed by atoms with van der Waals surface area (Å²) in [7, 11) is -4.13. The van der Waals surface area contributed by atoms with Crippen molar-refractivity contribution in [1.29, 1.82) is 0 Å². The van der Waals surface area contributed by atoms with Gasteiger partial charge < -0.3 is 19.5 Å². The highest BCUT2D eigenvalue weighted by Gasteiger charge is 2.52. The standard InChI is InChI=1S/C34H34F2N4O5S/c1-20-31(33(41)37-24-13-14-25(35)26(36)16-24)40-15-7-3-6-10-27(40)32(20)46(43,44)39-30-22-11-12-23(30)19-34(42,18-22)29-17-28(45-38-29)21-8-4-2-5-9-21/h2,4-6,8-10,13-14,16-17,22-23,30,39,42H,3,7,11-12,15,18-19H2,1H3,(H,37,41). The molecule has 1 aliphatic heterocycles. The van der Waals surface area contributed by atoms with E-state index in [0.29, 0.717) is 49.4 Å². The maximum atomic E-state index is 14.2. The molecule has 0 radical (unpaired) electrons. The van der Waals surface area contributed by atoms with E-state index in [1.807, 2.05) is 36.4 Å². The minimum atomic E-state index is -4.13. The van der Waals surface area contributed by atoms with Gasteiger partial charge in [0, 0.05) is 41.5 Å². The van der Waals surface area contributed by atoms with Gasteiger partial charge in [-0.2, -0.15) is 0 Å². The fraction of sp³-hybridized carbons (Fsp3) is 0.353. The highest BCUT2D eigenvalue weighted by Crippen LogP contribution is 2.51. The molecule has 2 bridgehead atoms. The summed E-state index contributed by atoms with van der Waals surface area (Å²) < 4.78 is 66.0. The van der Waals surface area contributed by atoms with Crippen LogP contribution >= 0.6 is 0 Å². The number of nitrogens with zero attached hydrogens (tertiary/aromatic N) is 2. The molecule has 2 fully saturated rings. The molecule has 46 heavy (non-hydrogen) atoms. The summed E-state index contributed by atoms with van der Waals surface area (Å²) in [6, 6.07) is 13.9. The van der Waals surface area contributed by atoms with E-state index in [9.17, 15) is 27.1 Å². The number of anilines is 1. The Balaban J connectivity index is 1.16. The molecular weight excluding hydrogens is 614 g/mol. The number of nitrogens with one attached hydrogen (secondary N) is 2.